The molecular formula is C9H10BFO3. The maximum atomic E-state index is 12.9. The molecule has 1 aromatic carbocycles. The van der Waals surface area contributed by atoms with Gasteiger partial charge in [-0.15, -0.1) is 0 Å². The quantitative estimate of drug-likeness (QED) is 0.529. The summed E-state index contributed by atoms with van der Waals surface area (Å²) in [5.74, 6) is -0.331. The van der Waals surface area contributed by atoms with E-state index in [1.807, 2.05) is 0 Å². The maximum Gasteiger partial charge on any atom is 0.488 e. The van der Waals surface area contributed by atoms with Crippen LogP contribution in [0.1, 0.15) is 0 Å². The molecule has 0 heterocycles. The first-order chi connectivity index (χ1) is 6.63. The Morgan fingerprint density at radius 2 is 2.14 bits per heavy atom. The Morgan fingerprint density at radius 1 is 1.43 bits per heavy atom. The zero-order valence-electron chi connectivity index (χ0n) is 7.48. The van der Waals surface area contributed by atoms with E-state index < -0.39 is 12.9 Å². The summed E-state index contributed by atoms with van der Waals surface area (Å²) >= 11 is 0. The monoisotopic (exact) mass is 196 g/mol. The fraction of sp³-hybridized carbons (Fsp3) is 0.111. The van der Waals surface area contributed by atoms with Gasteiger partial charge in [-0.1, -0.05) is 12.7 Å². The number of benzene rings is 1. The predicted molar refractivity (Wildman–Crippen MR) is 51.9 cm³/mol. The Labute approximate surface area is 81.6 Å². The van der Waals surface area contributed by atoms with Crippen LogP contribution in [-0.2, 0) is 0 Å². The largest absolute Gasteiger partial charge is 0.489 e. The van der Waals surface area contributed by atoms with Crippen LogP contribution < -0.4 is 10.2 Å². The highest BCUT2D eigenvalue weighted by Crippen LogP contribution is 2.10. The molecule has 0 aliphatic rings. The Morgan fingerprint density at radius 3 is 2.71 bits per heavy atom. The number of halogens is 1. The molecule has 0 unspecified atom stereocenters. The predicted octanol–water partition coefficient (Wildman–Crippen LogP) is 0.0703. The van der Waals surface area contributed by atoms with E-state index in [1.54, 1.807) is 0 Å². The normalized spacial score (nSPS) is 9.64. The molecular weight excluding hydrogens is 186 g/mol. The second kappa shape index (κ2) is 4.78. The van der Waals surface area contributed by atoms with E-state index in [0.29, 0.717) is 0 Å². The number of ether oxygens (including phenoxy) is 1. The van der Waals surface area contributed by atoms with E-state index in [2.05, 4.69) is 6.58 Å². The van der Waals surface area contributed by atoms with Crippen LogP contribution >= 0.6 is 0 Å². The first-order valence-electron chi connectivity index (χ1n) is 4.04. The molecule has 0 amide bonds. The third-order valence-corrected chi connectivity index (χ3v) is 1.56. The van der Waals surface area contributed by atoms with Crippen LogP contribution in [0, 0.1) is 5.82 Å². The van der Waals surface area contributed by atoms with Crippen molar-refractivity contribution in [3.05, 3.63) is 36.7 Å². The van der Waals surface area contributed by atoms with E-state index >= 15 is 0 Å². The lowest BCUT2D eigenvalue weighted by Gasteiger charge is -2.06. The molecule has 1 aromatic rings. The van der Waals surface area contributed by atoms with Gasteiger partial charge in [0.05, 0.1) is 0 Å². The minimum Gasteiger partial charge on any atom is -0.489 e. The van der Waals surface area contributed by atoms with E-state index in [0.717, 1.165) is 12.1 Å². The van der Waals surface area contributed by atoms with Crippen molar-refractivity contribution < 1.29 is 19.2 Å². The molecule has 0 bridgehead atoms. The van der Waals surface area contributed by atoms with Crippen molar-refractivity contribution in [1.29, 1.82) is 0 Å². The molecule has 14 heavy (non-hydrogen) atoms. The summed E-state index contributed by atoms with van der Waals surface area (Å²) in [6.07, 6.45) is 1.51. The first kappa shape index (κ1) is 10.8. The van der Waals surface area contributed by atoms with Gasteiger partial charge >= 0.3 is 7.12 Å². The van der Waals surface area contributed by atoms with Crippen molar-refractivity contribution in [3.63, 3.8) is 0 Å². The molecule has 0 fully saturated rings. The van der Waals surface area contributed by atoms with Crippen LogP contribution in [0.15, 0.2) is 30.9 Å². The van der Waals surface area contributed by atoms with Crippen LogP contribution in [0.2, 0.25) is 0 Å². The van der Waals surface area contributed by atoms with Gasteiger partial charge in [-0.3, -0.25) is 0 Å². The van der Waals surface area contributed by atoms with Gasteiger partial charge in [0.15, 0.2) is 0 Å². The summed E-state index contributed by atoms with van der Waals surface area (Å²) in [5.41, 5.74) is 0.0593. The third kappa shape index (κ3) is 2.87. The van der Waals surface area contributed by atoms with Gasteiger partial charge in [0.25, 0.3) is 0 Å². The van der Waals surface area contributed by atoms with Crippen LogP contribution in [0.5, 0.6) is 5.75 Å². The molecule has 3 nitrogen and oxygen atoms in total. The molecule has 0 aliphatic carbocycles. The Balaban J connectivity index is 2.89. The molecule has 0 aliphatic heterocycles. The Kier molecular flexibility index (Phi) is 3.68. The van der Waals surface area contributed by atoms with E-state index in [9.17, 15) is 4.39 Å². The average Bonchev–Trinajstić information content (AvgIpc) is 2.14. The zero-order valence-corrected chi connectivity index (χ0v) is 7.48. The summed E-state index contributed by atoms with van der Waals surface area (Å²) in [5, 5.41) is 17.6. The van der Waals surface area contributed by atoms with Gasteiger partial charge < -0.3 is 14.8 Å². The van der Waals surface area contributed by atoms with Gasteiger partial charge in [-0.05, 0) is 17.6 Å². The highest BCUT2D eigenvalue weighted by Gasteiger charge is 2.13. The van der Waals surface area contributed by atoms with Crippen molar-refractivity contribution >= 4 is 12.6 Å². The number of hydrogen-bond acceptors (Lipinski definition) is 3. The van der Waals surface area contributed by atoms with E-state index in [1.165, 1.54) is 12.1 Å². The van der Waals surface area contributed by atoms with Gasteiger partial charge in [0.2, 0.25) is 0 Å². The summed E-state index contributed by atoms with van der Waals surface area (Å²) in [6.45, 7) is 3.68. The van der Waals surface area contributed by atoms with Crippen molar-refractivity contribution in [2.75, 3.05) is 6.61 Å². The molecule has 1 rings (SSSR count). The second-order valence-corrected chi connectivity index (χ2v) is 2.69. The fourth-order valence-electron chi connectivity index (χ4n) is 0.972. The summed E-state index contributed by atoms with van der Waals surface area (Å²) in [7, 11) is -1.70. The lowest BCUT2D eigenvalue weighted by Crippen LogP contribution is -2.30. The SMILES string of the molecule is C=CCOc1cc(F)cc(B(O)O)c1. The van der Waals surface area contributed by atoms with Crippen molar-refractivity contribution in [1.82, 2.24) is 0 Å². The van der Waals surface area contributed by atoms with Crippen LogP contribution in [0.4, 0.5) is 4.39 Å². The van der Waals surface area contributed by atoms with Crippen LogP contribution in [0.3, 0.4) is 0 Å². The van der Waals surface area contributed by atoms with Crippen molar-refractivity contribution in [2.24, 2.45) is 0 Å². The number of rotatable bonds is 4. The fourth-order valence-corrected chi connectivity index (χ4v) is 0.972. The van der Waals surface area contributed by atoms with Gasteiger partial charge in [-0.2, -0.15) is 0 Å². The van der Waals surface area contributed by atoms with Gasteiger partial charge in [0.1, 0.15) is 18.2 Å². The molecule has 0 atom stereocenters. The third-order valence-electron chi connectivity index (χ3n) is 1.56. The second-order valence-electron chi connectivity index (χ2n) is 2.69. The Bertz CT molecular complexity index is 328. The van der Waals surface area contributed by atoms with E-state index in [-0.39, 0.29) is 17.8 Å². The standard InChI is InChI=1S/C9H10BFO3/c1-2-3-14-9-5-7(10(12)13)4-8(11)6-9/h2,4-6,12-13H,1,3H2. The lowest BCUT2D eigenvalue weighted by molar-refractivity contribution is 0.360. The summed E-state index contributed by atoms with van der Waals surface area (Å²) < 4.78 is 17.9. The summed E-state index contributed by atoms with van der Waals surface area (Å²) in [4.78, 5) is 0. The topological polar surface area (TPSA) is 49.7 Å². The number of hydrogen-bond donors (Lipinski definition) is 2. The van der Waals surface area contributed by atoms with Crippen LogP contribution in [0.25, 0.3) is 0 Å². The first-order valence-corrected chi connectivity index (χ1v) is 4.04. The minimum absolute atomic E-state index is 0.0593. The molecule has 0 saturated carbocycles. The summed E-state index contributed by atoms with van der Waals surface area (Å²) in [6, 6.07) is 3.55. The maximum absolute atomic E-state index is 12.9. The van der Waals surface area contributed by atoms with Crippen molar-refractivity contribution in [2.45, 2.75) is 0 Å². The molecule has 0 spiro atoms. The highest BCUT2D eigenvalue weighted by atomic mass is 19.1. The van der Waals surface area contributed by atoms with Gasteiger partial charge in [0, 0.05) is 6.07 Å². The molecule has 0 saturated heterocycles. The molecule has 74 valence electrons. The average molecular weight is 196 g/mol. The Hall–Kier alpha value is -1.33. The van der Waals surface area contributed by atoms with Crippen molar-refractivity contribution in [3.8, 4) is 5.75 Å². The lowest BCUT2D eigenvalue weighted by atomic mass is 9.80. The smallest absolute Gasteiger partial charge is 0.488 e. The molecule has 2 N–H and O–H groups in total. The highest BCUT2D eigenvalue weighted by molar-refractivity contribution is 6.58. The van der Waals surface area contributed by atoms with E-state index in [4.69, 9.17) is 14.8 Å². The molecule has 0 radical (unpaired) electrons. The molecule has 0 aromatic heterocycles. The minimum atomic E-state index is -1.70. The molecule has 5 heteroatoms. The van der Waals surface area contributed by atoms with Gasteiger partial charge in [-0.25, -0.2) is 4.39 Å². The van der Waals surface area contributed by atoms with Crippen LogP contribution in [-0.4, -0.2) is 23.8 Å². The zero-order chi connectivity index (χ0) is 10.6.